The molecule has 152 valence electrons. The molecule has 0 saturated carbocycles. The zero-order chi connectivity index (χ0) is 20.7. The number of halogens is 1. The normalized spacial score (nSPS) is 20.9. The standard InChI is InChI=1S/C20H22ClN5O3/c1-11-9-25(20(28)16-8-14-15(29-16)4-6-22-18(14)21)10-12(2)26(11)17-5-7-23-19(24-17)13(3)27/h4-8,11-13,27H,9-10H2,1-3H3/t11-,12+,13-/m1/s1. The van der Waals surface area contributed by atoms with Crippen molar-refractivity contribution in [2.45, 2.75) is 39.0 Å². The van der Waals surface area contributed by atoms with Crippen LogP contribution in [0.2, 0.25) is 5.15 Å². The zero-order valence-corrected chi connectivity index (χ0v) is 17.2. The van der Waals surface area contributed by atoms with Gasteiger partial charge in [0.05, 0.1) is 5.39 Å². The minimum absolute atomic E-state index is 0.0223. The molecule has 0 unspecified atom stereocenters. The van der Waals surface area contributed by atoms with Gasteiger partial charge in [0, 0.05) is 43.6 Å². The number of aliphatic hydroxyl groups is 1. The Hall–Kier alpha value is -2.71. The summed E-state index contributed by atoms with van der Waals surface area (Å²) in [4.78, 5) is 29.6. The number of aliphatic hydroxyl groups excluding tert-OH is 1. The second-order valence-corrected chi connectivity index (χ2v) is 7.75. The maximum atomic E-state index is 13.0. The van der Waals surface area contributed by atoms with E-state index in [0.717, 1.165) is 5.82 Å². The number of fused-ring (bicyclic) bond motifs is 1. The van der Waals surface area contributed by atoms with E-state index < -0.39 is 6.10 Å². The molecule has 4 rings (SSSR count). The van der Waals surface area contributed by atoms with Gasteiger partial charge in [-0.05, 0) is 32.9 Å². The summed E-state index contributed by atoms with van der Waals surface area (Å²) < 4.78 is 5.71. The van der Waals surface area contributed by atoms with Gasteiger partial charge in [0.1, 0.15) is 22.7 Å². The monoisotopic (exact) mass is 415 g/mol. The zero-order valence-electron chi connectivity index (χ0n) is 16.4. The Bertz CT molecular complexity index is 1040. The fourth-order valence-electron chi connectivity index (χ4n) is 3.84. The van der Waals surface area contributed by atoms with Gasteiger partial charge in [-0.3, -0.25) is 4.79 Å². The van der Waals surface area contributed by atoms with Crippen LogP contribution in [0.4, 0.5) is 5.82 Å². The third-order valence-corrected chi connectivity index (χ3v) is 5.41. The largest absolute Gasteiger partial charge is 0.451 e. The van der Waals surface area contributed by atoms with Crippen LogP contribution in [0.5, 0.6) is 0 Å². The second kappa shape index (κ2) is 7.61. The van der Waals surface area contributed by atoms with Crippen LogP contribution in [0.1, 0.15) is 43.3 Å². The van der Waals surface area contributed by atoms with Crippen molar-refractivity contribution in [2.75, 3.05) is 18.0 Å². The van der Waals surface area contributed by atoms with Crippen LogP contribution >= 0.6 is 11.6 Å². The van der Waals surface area contributed by atoms with Gasteiger partial charge in [0.2, 0.25) is 0 Å². The molecule has 29 heavy (non-hydrogen) atoms. The average Bonchev–Trinajstić information content (AvgIpc) is 3.13. The molecular weight excluding hydrogens is 394 g/mol. The quantitative estimate of drug-likeness (QED) is 0.656. The van der Waals surface area contributed by atoms with Gasteiger partial charge >= 0.3 is 0 Å². The molecule has 1 saturated heterocycles. The number of anilines is 1. The van der Waals surface area contributed by atoms with E-state index in [4.69, 9.17) is 16.0 Å². The molecule has 1 N–H and O–H groups in total. The molecule has 0 radical (unpaired) electrons. The van der Waals surface area contributed by atoms with Crippen molar-refractivity contribution in [2.24, 2.45) is 0 Å². The van der Waals surface area contributed by atoms with Gasteiger partial charge < -0.3 is 19.3 Å². The number of nitrogens with zero attached hydrogens (tertiary/aromatic N) is 5. The Balaban J connectivity index is 1.56. The third-order valence-electron chi connectivity index (χ3n) is 5.11. The molecule has 1 aliphatic heterocycles. The maximum Gasteiger partial charge on any atom is 0.289 e. The number of carbonyl (C=O) groups is 1. The van der Waals surface area contributed by atoms with Crippen molar-refractivity contribution in [3.8, 4) is 0 Å². The van der Waals surface area contributed by atoms with E-state index in [-0.39, 0.29) is 23.8 Å². The predicted octanol–water partition coefficient (Wildman–Crippen LogP) is 3.06. The summed E-state index contributed by atoms with van der Waals surface area (Å²) in [6.07, 6.45) is 2.46. The lowest BCUT2D eigenvalue weighted by molar-refractivity contribution is 0.0670. The summed E-state index contributed by atoms with van der Waals surface area (Å²) in [5.41, 5.74) is 0.541. The number of hydrogen-bond acceptors (Lipinski definition) is 7. The lowest BCUT2D eigenvalue weighted by atomic mass is 10.1. The first-order valence-electron chi connectivity index (χ1n) is 9.48. The fourth-order valence-corrected chi connectivity index (χ4v) is 4.04. The SMILES string of the molecule is C[C@@H]1CN(C(=O)c2cc3c(Cl)nccc3o2)C[C@H](C)N1c1ccnc([C@@H](C)O)n1. The number of rotatable bonds is 3. The molecule has 4 heterocycles. The van der Waals surface area contributed by atoms with Crippen molar-refractivity contribution in [3.63, 3.8) is 0 Å². The molecule has 0 bridgehead atoms. The first-order chi connectivity index (χ1) is 13.8. The molecule has 1 fully saturated rings. The Labute approximate surface area is 173 Å². The van der Waals surface area contributed by atoms with E-state index in [9.17, 15) is 9.90 Å². The lowest BCUT2D eigenvalue weighted by Crippen LogP contribution is -2.58. The molecule has 1 amide bonds. The van der Waals surface area contributed by atoms with Gasteiger partial charge in [-0.25, -0.2) is 15.0 Å². The average molecular weight is 416 g/mol. The second-order valence-electron chi connectivity index (χ2n) is 7.39. The van der Waals surface area contributed by atoms with Crippen LogP contribution in [0.3, 0.4) is 0 Å². The highest BCUT2D eigenvalue weighted by Gasteiger charge is 2.34. The van der Waals surface area contributed by atoms with E-state index in [0.29, 0.717) is 35.0 Å². The number of carbonyl (C=O) groups excluding carboxylic acids is 1. The molecule has 8 nitrogen and oxygen atoms in total. The van der Waals surface area contributed by atoms with Crippen molar-refractivity contribution >= 4 is 34.3 Å². The number of amides is 1. The van der Waals surface area contributed by atoms with Crippen molar-refractivity contribution in [1.29, 1.82) is 0 Å². The van der Waals surface area contributed by atoms with Gasteiger partial charge in [-0.2, -0.15) is 0 Å². The lowest BCUT2D eigenvalue weighted by Gasteiger charge is -2.45. The summed E-state index contributed by atoms with van der Waals surface area (Å²) in [7, 11) is 0. The molecule has 1 aliphatic rings. The van der Waals surface area contributed by atoms with E-state index >= 15 is 0 Å². The van der Waals surface area contributed by atoms with Crippen LogP contribution < -0.4 is 4.90 Å². The molecule has 0 aliphatic carbocycles. The van der Waals surface area contributed by atoms with Crippen LogP contribution in [0, 0.1) is 0 Å². The molecule has 0 aromatic carbocycles. The molecule has 3 aromatic heterocycles. The molecule has 9 heteroatoms. The Kier molecular flexibility index (Phi) is 5.14. The third kappa shape index (κ3) is 3.65. The fraction of sp³-hybridized carbons (Fsp3) is 0.400. The Morgan fingerprint density at radius 1 is 1.24 bits per heavy atom. The molecule has 3 atom stereocenters. The smallest absolute Gasteiger partial charge is 0.289 e. The summed E-state index contributed by atoms with van der Waals surface area (Å²) in [6.45, 7) is 6.75. The van der Waals surface area contributed by atoms with Crippen LogP contribution in [-0.2, 0) is 0 Å². The van der Waals surface area contributed by atoms with Gasteiger partial charge in [-0.1, -0.05) is 11.6 Å². The summed E-state index contributed by atoms with van der Waals surface area (Å²) >= 11 is 6.10. The van der Waals surface area contributed by atoms with Crippen LogP contribution in [-0.4, -0.2) is 56.0 Å². The van der Waals surface area contributed by atoms with Gasteiger partial charge in [-0.15, -0.1) is 0 Å². The number of furan rings is 1. The maximum absolute atomic E-state index is 13.0. The van der Waals surface area contributed by atoms with Crippen molar-refractivity contribution in [1.82, 2.24) is 19.9 Å². The van der Waals surface area contributed by atoms with E-state index in [1.54, 1.807) is 36.4 Å². The number of hydrogen-bond donors (Lipinski definition) is 1. The van der Waals surface area contributed by atoms with Gasteiger partial charge in [0.25, 0.3) is 5.91 Å². The number of pyridine rings is 1. The summed E-state index contributed by atoms with van der Waals surface area (Å²) in [5.74, 6) is 1.20. The molecule has 3 aromatic rings. The van der Waals surface area contributed by atoms with Crippen LogP contribution in [0.15, 0.2) is 35.0 Å². The summed E-state index contributed by atoms with van der Waals surface area (Å²) in [5, 5.41) is 10.7. The predicted molar refractivity (Wildman–Crippen MR) is 109 cm³/mol. The first kappa shape index (κ1) is 19.6. The van der Waals surface area contributed by atoms with Crippen molar-refractivity contribution < 1.29 is 14.3 Å². The molecule has 0 spiro atoms. The van der Waals surface area contributed by atoms with Crippen molar-refractivity contribution in [3.05, 3.63) is 47.3 Å². The van der Waals surface area contributed by atoms with E-state index in [1.807, 2.05) is 19.9 Å². The topological polar surface area (TPSA) is 95.6 Å². The molecular formula is C20H22ClN5O3. The van der Waals surface area contributed by atoms with E-state index in [1.165, 1.54) is 0 Å². The highest BCUT2D eigenvalue weighted by atomic mass is 35.5. The number of aromatic nitrogens is 3. The van der Waals surface area contributed by atoms with Crippen LogP contribution in [0.25, 0.3) is 11.0 Å². The summed E-state index contributed by atoms with van der Waals surface area (Å²) in [6, 6.07) is 5.21. The highest BCUT2D eigenvalue weighted by molar-refractivity contribution is 6.34. The Morgan fingerprint density at radius 3 is 2.59 bits per heavy atom. The van der Waals surface area contributed by atoms with Gasteiger partial charge in [0.15, 0.2) is 11.6 Å². The number of piperazine rings is 1. The van der Waals surface area contributed by atoms with E-state index in [2.05, 4.69) is 19.9 Å². The highest BCUT2D eigenvalue weighted by Crippen LogP contribution is 2.28. The first-order valence-corrected chi connectivity index (χ1v) is 9.85. The Morgan fingerprint density at radius 2 is 1.93 bits per heavy atom. The minimum Gasteiger partial charge on any atom is -0.451 e. The minimum atomic E-state index is -0.738.